The van der Waals surface area contributed by atoms with E-state index in [1.54, 1.807) is 24.1 Å². The first kappa shape index (κ1) is 17.0. The van der Waals surface area contributed by atoms with Crippen LogP contribution in [0.25, 0.3) is 0 Å². The fourth-order valence-corrected chi connectivity index (χ4v) is 2.28. The smallest absolute Gasteiger partial charge is 0.338 e. The monoisotopic (exact) mass is 314 g/mol. The molecular formula is C18H22N2O3. The summed E-state index contributed by atoms with van der Waals surface area (Å²) < 4.78 is 5.52. The molecule has 0 spiro atoms. The fourth-order valence-electron chi connectivity index (χ4n) is 2.28. The molecule has 1 aliphatic heterocycles. The first-order valence-corrected chi connectivity index (χ1v) is 7.72. The summed E-state index contributed by atoms with van der Waals surface area (Å²) in [5.74, 6) is 5.78. The number of carbonyl (C=O) groups is 2. The number of ether oxygens (including phenoxy) is 1. The number of rotatable bonds is 4. The lowest BCUT2D eigenvalue weighted by Crippen LogP contribution is -2.26. The molecule has 5 heteroatoms. The van der Waals surface area contributed by atoms with E-state index in [9.17, 15) is 9.59 Å². The van der Waals surface area contributed by atoms with Crippen molar-refractivity contribution in [2.75, 3.05) is 33.2 Å². The predicted octanol–water partition coefficient (Wildman–Crippen LogP) is 1.40. The largest absolute Gasteiger partial charge is 0.457 e. The normalized spacial score (nSPS) is 17.2. The molecule has 5 nitrogen and oxygen atoms in total. The molecule has 23 heavy (non-hydrogen) atoms. The first-order chi connectivity index (χ1) is 11.1. The number of benzene rings is 1. The molecule has 1 fully saturated rings. The van der Waals surface area contributed by atoms with Crippen LogP contribution in [0.1, 0.15) is 23.7 Å². The maximum atomic E-state index is 12.0. The van der Waals surface area contributed by atoms with E-state index in [2.05, 4.69) is 16.7 Å². The van der Waals surface area contributed by atoms with Crippen molar-refractivity contribution in [1.82, 2.24) is 9.80 Å². The molecule has 0 unspecified atom stereocenters. The minimum atomic E-state index is -0.272. The van der Waals surface area contributed by atoms with E-state index < -0.39 is 0 Å². The summed E-state index contributed by atoms with van der Waals surface area (Å²) in [6.45, 7) is 4.16. The van der Waals surface area contributed by atoms with E-state index in [1.807, 2.05) is 18.2 Å². The average Bonchev–Trinajstić information content (AvgIpc) is 2.99. The van der Waals surface area contributed by atoms with E-state index >= 15 is 0 Å². The Bertz CT molecular complexity index is 604. The average molecular weight is 314 g/mol. The Morgan fingerprint density at radius 2 is 2.04 bits per heavy atom. The Kier molecular flexibility index (Phi) is 6.19. The zero-order valence-electron chi connectivity index (χ0n) is 13.6. The highest BCUT2D eigenvalue weighted by Crippen LogP contribution is 2.14. The van der Waals surface area contributed by atoms with Gasteiger partial charge in [0, 0.05) is 27.1 Å². The van der Waals surface area contributed by atoms with Crippen LogP contribution >= 0.6 is 0 Å². The molecule has 1 aromatic rings. The highest BCUT2D eigenvalue weighted by Gasteiger charge is 2.25. The van der Waals surface area contributed by atoms with Crippen LogP contribution in [0.5, 0.6) is 0 Å². The molecule has 0 bridgehead atoms. The summed E-state index contributed by atoms with van der Waals surface area (Å²) in [5, 5.41) is 0. The van der Waals surface area contributed by atoms with Gasteiger partial charge in [0.25, 0.3) is 0 Å². The number of amides is 1. The topological polar surface area (TPSA) is 49.9 Å². The molecule has 1 saturated heterocycles. The fraction of sp³-hybridized carbons (Fsp3) is 0.444. The van der Waals surface area contributed by atoms with Crippen molar-refractivity contribution in [3.63, 3.8) is 0 Å². The van der Waals surface area contributed by atoms with Gasteiger partial charge in [0.1, 0.15) is 6.10 Å². The lowest BCUT2D eigenvalue weighted by atomic mass is 10.2. The van der Waals surface area contributed by atoms with Crippen LogP contribution in [-0.4, -0.2) is 61.0 Å². The van der Waals surface area contributed by atoms with Crippen LogP contribution < -0.4 is 0 Å². The summed E-state index contributed by atoms with van der Waals surface area (Å²) in [6, 6.07) is 9.03. The van der Waals surface area contributed by atoms with Gasteiger partial charge in [-0.15, -0.1) is 0 Å². The van der Waals surface area contributed by atoms with Gasteiger partial charge in [0.05, 0.1) is 18.7 Å². The van der Waals surface area contributed by atoms with Gasteiger partial charge in [0.15, 0.2) is 0 Å². The van der Waals surface area contributed by atoms with Crippen LogP contribution in [0.2, 0.25) is 0 Å². The van der Waals surface area contributed by atoms with Crippen molar-refractivity contribution in [2.24, 2.45) is 0 Å². The molecule has 2 rings (SSSR count). The lowest BCUT2D eigenvalue weighted by molar-refractivity contribution is -0.126. The van der Waals surface area contributed by atoms with Crippen molar-refractivity contribution in [1.29, 1.82) is 0 Å². The maximum Gasteiger partial charge on any atom is 0.338 e. The Balaban J connectivity index is 1.73. The molecule has 0 saturated carbocycles. The maximum absolute atomic E-state index is 12.0. The van der Waals surface area contributed by atoms with Gasteiger partial charge in [-0.3, -0.25) is 9.69 Å². The Morgan fingerprint density at radius 1 is 1.30 bits per heavy atom. The third-order valence-electron chi connectivity index (χ3n) is 3.79. The van der Waals surface area contributed by atoms with Gasteiger partial charge >= 0.3 is 5.97 Å². The van der Waals surface area contributed by atoms with Gasteiger partial charge in [-0.05, 0) is 18.6 Å². The quantitative estimate of drug-likeness (QED) is 0.623. The van der Waals surface area contributed by atoms with E-state index in [-0.39, 0.29) is 18.0 Å². The molecule has 0 aromatic heterocycles. The van der Waals surface area contributed by atoms with E-state index in [4.69, 9.17) is 4.74 Å². The van der Waals surface area contributed by atoms with Crippen LogP contribution in [-0.2, 0) is 9.53 Å². The van der Waals surface area contributed by atoms with Crippen molar-refractivity contribution in [3.8, 4) is 11.8 Å². The molecule has 0 aliphatic carbocycles. The van der Waals surface area contributed by atoms with Crippen LogP contribution in [0, 0.1) is 11.8 Å². The van der Waals surface area contributed by atoms with E-state index in [1.165, 1.54) is 6.92 Å². The lowest BCUT2D eigenvalue weighted by Gasteiger charge is -2.14. The number of likely N-dealkylation sites (tertiary alicyclic amines) is 1. The van der Waals surface area contributed by atoms with E-state index in [0.29, 0.717) is 25.2 Å². The molecule has 1 amide bonds. The zero-order chi connectivity index (χ0) is 16.7. The Hall–Kier alpha value is -2.32. The van der Waals surface area contributed by atoms with Gasteiger partial charge in [-0.2, -0.15) is 0 Å². The molecule has 122 valence electrons. The predicted molar refractivity (Wildman–Crippen MR) is 87.8 cm³/mol. The second kappa shape index (κ2) is 8.35. The highest BCUT2D eigenvalue weighted by molar-refractivity contribution is 5.89. The second-order valence-electron chi connectivity index (χ2n) is 5.65. The number of esters is 1. The first-order valence-electron chi connectivity index (χ1n) is 7.72. The molecule has 1 aliphatic rings. The third kappa shape index (κ3) is 5.42. The van der Waals surface area contributed by atoms with Crippen LogP contribution in [0.4, 0.5) is 0 Å². The summed E-state index contributed by atoms with van der Waals surface area (Å²) in [7, 11) is 1.73. The van der Waals surface area contributed by atoms with Crippen molar-refractivity contribution >= 4 is 11.9 Å². The zero-order valence-corrected chi connectivity index (χ0v) is 13.6. The minimum Gasteiger partial charge on any atom is -0.457 e. The van der Waals surface area contributed by atoms with Crippen LogP contribution in [0.3, 0.4) is 0 Å². The molecular weight excluding hydrogens is 292 g/mol. The highest BCUT2D eigenvalue weighted by atomic mass is 16.5. The Morgan fingerprint density at radius 3 is 2.74 bits per heavy atom. The summed E-state index contributed by atoms with van der Waals surface area (Å²) in [6.07, 6.45) is 0.748. The summed E-state index contributed by atoms with van der Waals surface area (Å²) >= 11 is 0. The van der Waals surface area contributed by atoms with Crippen molar-refractivity contribution in [2.45, 2.75) is 19.4 Å². The molecule has 1 aromatic carbocycles. The molecule has 1 atom stereocenters. The number of carbonyl (C=O) groups excluding carboxylic acids is 2. The van der Waals surface area contributed by atoms with Gasteiger partial charge in [-0.1, -0.05) is 30.0 Å². The minimum absolute atomic E-state index is 0.00774. The summed E-state index contributed by atoms with van der Waals surface area (Å²) in [4.78, 5) is 26.8. The third-order valence-corrected chi connectivity index (χ3v) is 3.79. The standard InChI is InChI=1S/C18H22N2O3/c1-15(21)19(2)11-6-7-12-20-13-10-17(14-20)23-18(22)16-8-4-3-5-9-16/h3-5,8-9,17H,10-14H2,1-2H3/t17-/m0/s1. The molecule has 0 N–H and O–H groups in total. The Labute approximate surface area is 137 Å². The molecule has 1 heterocycles. The second-order valence-corrected chi connectivity index (χ2v) is 5.65. The van der Waals surface area contributed by atoms with E-state index in [0.717, 1.165) is 13.0 Å². The number of hydrogen-bond donors (Lipinski definition) is 0. The summed E-state index contributed by atoms with van der Waals surface area (Å²) in [5.41, 5.74) is 0.581. The number of nitrogens with zero attached hydrogens (tertiary/aromatic N) is 2. The number of hydrogen-bond acceptors (Lipinski definition) is 4. The SMILES string of the molecule is CC(=O)N(C)CC#CCN1CC[C@H](OC(=O)c2ccccc2)C1. The van der Waals surface area contributed by atoms with Crippen molar-refractivity contribution in [3.05, 3.63) is 35.9 Å². The van der Waals surface area contributed by atoms with Gasteiger partial charge < -0.3 is 9.64 Å². The molecule has 0 radical (unpaired) electrons. The van der Waals surface area contributed by atoms with Crippen LogP contribution in [0.15, 0.2) is 30.3 Å². The van der Waals surface area contributed by atoms with Crippen molar-refractivity contribution < 1.29 is 14.3 Å². The van der Waals surface area contributed by atoms with Gasteiger partial charge in [-0.25, -0.2) is 4.79 Å². The van der Waals surface area contributed by atoms with Gasteiger partial charge in [0.2, 0.25) is 5.91 Å².